The van der Waals surface area contributed by atoms with Crippen LogP contribution in [0.25, 0.3) is 11.1 Å². The summed E-state index contributed by atoms with van der Waals surface area (Å²) in [5, 5.41) is 6.58. The fourth-order valence-corrected chi connectivity index (χ4v) is 5.10. The van der Waals surface area contributed by atoms with Crippen molar-refractivity contribution in [3.63, 3.8) is 0 Å². The van der Waals surface area contributed by atoms with Gasteiger partial charge in [-0.15, -0.1) is 0 Å². The Kier molecular flexibility index (Phi) is 9.87. The lowest BCUT2D eigenvalue weighted by Crippen LogP contribution is -2.43. The lowest BCUT2D eigenvalue weighted by molar-refractivity contribution is 0.180. The summed E-state index contributed by atoms with van der Waals surface area (Å²) in [7, 11) is 3.67. The molecule has 1 saturated heterocycles. The Balaban J connectivity index is 1.49. The Hall–Kier alpha value is -3.09. The Labute approximate surface area is 233 Å². The van der Waals surface area contributed by atoms with E-state index in [-0.39, 0.29) is 17.3 Å². The third-order valence-electron chi connectivity index (χ3n) is 7.44. The van der Waals surface area contributed by atoms with Crippen molar-refractivity contribution < 1.29 is 13.9 Å². The van der Waals surface area contributed by atoms with Crippen molar-refractivity contribution in [2.45, 2.75) is 51.6 Å². The summed E-state index contributed by atoms with van der Waals surface area (Å²) in [6.07, 6.45) is 2.49. The van der Waals surface area contributed by atoms with Crippen molar-refractivity contribution in [1.29, 1.82) is 0 Å². The molecule has 0 spiro atoms. The summed E-state index contributed by atoms with van der Waals surface area (Å²) >= 11 is 0. The molecule has 0 radical (unpaired) electrons. The second kappa shape index (κ2) is 13.3. The predicted molar refractivity (Wildman–Crippen MR) is 160 cm³/mol. The van der Waals surface area contributed by atoms with Crippen LogP contribution in [-0.4, -0.2) is 53.0 Å². The fourth-order valence-electron chi connectivity index (χ4n) is 5.10. The minimum absolute atomic E-state index is 0.0354. The zero-order valence-electron chi connectivity index (χ0n) is 24.1. The molecule has 5 nitrogen and oxygen atoms in total. The van der Waals surface area contributed by atoms with E-state index >= 15 is 0 Å². The van der Waals surface area contributed by atoms with Crippen LogP contribution in [0.1, 0.15) is 44.7 Å². The number of hydrogen-bond donors (Lipinski definition) is 2. The number of ether oxygens (including phenoxy) is 2. The molecule has 4 rings (SSSR count). The normalized spacial score (nSPS) is 14.8. The van der Waals surface area contributed by atoms with Gasteiger partial charge in [0.25, 0.3) is 0 Å². The average Bonchev–Trinajstić information content (AvgIpc) is 2.94. The number of benzene rings is 3. The highest BCUT2D eigenvalue weighted by Gasteiger charge is 2.17. The lowest BCUT2D eigenvalue weighted by Gasteiger charge is -2.30. The van der Waals surface area contributed by atoms with Gasteiger partial charge >= 0.3 is 0 Å². The molecule has 0 aliphatic carbocycles. The van der Waals surface area contributed by atoms with Gasteiger partial charge in [-0.05, 0) is 73.2 Å². The zero-order valence-corrected chi connectivity index (χ0v) is 24.1. The molecule has 0 saturated carbocycles. The summed E-state index contributed by atoms with van der Waals surface area (Å²) in [6.45, 7) is 11.1. The topological polar surface area (TPSA) is 45.8 Å². The van der Waals surface area contributed by atoms with Crippen LogP contribution in [0.3, 0.4) is 0 Å². The second-order valence-electron chi connectivity index (χ2n) is 11.4. The molecular weight excluding hydrogens is 489 g/mol. The maximum Gasteiger partial charge on any atom is 0.128 e. The summed E-state index contributed by atoms with van der Waals surface area (Å²) in [6, 6.07) is 20.3. The first-order chi connectivity index (χ1) is 18.8. The molecule has 0 amide bonds. The van der Waals surface area contributed by atoms with E-state index in [2.05, 4.69) is 78.8 Å². The average molecular weight is 534 g/mol. The maximum atomic E-state index is 14.6. The largest absolute Gasteiger partial charge is 0.496 e. The molecule has 39 heavy (non-hydrogen) atoms. The van der Waals surface area contributed by atoms with Crippen molar-refractivity contribution >= 4 is 5.69 Å². The minimum atomic E-state index is -0.259. The first-order valence-electron chi connectivity index (χ1n) is 14.1. The molecular formula is C33H44FN3O2. The van der Waals surface area contributed by atoms with Crippen molar-refractivity contribution in [2.24, 2.45) is 0 Å². The van der Waals surface area contributed by atoms with Crippen LogP contribution in [0.4, 0.5) is 10.1 Å². The number of rotatable bonds is 11. The number of hydrogen-bond acceptors (Lipinski definition) is 5. The van der Waals surface area contributed by atoms with Crippen LogP contribution >= 0.6 is 0 Å². The Bertz CT molecular complexity index is 1200. The highest BCUT2D eigenvalue weighted by atomic mass is 19.1. The van der Waals surface area contributed by atoms with Crippen LogP contribution in [0.15, 0.2) is 60.7 Å². The molecule has 1 fully saturated rings. The third kappa shape index (κ3) is 7.96. The highest BCUT2D eigenvalue weighted by molar-refractivity contribution is 5.71. The number of halogens is 1. The molecule has 3 aromatic rings. The Morgan fingerprint density at radius 3 is 2.38 bits per heavy atom. The fraction of sp³-hybridized carbons (Fsp3) is 0.455. The van der Waals surface area contributed by atoms with E-state index in [4.69, 9.17) is 9.47 Å². The molecule has 2 N–H and O–H groups in total. The number of nitrogens with one attached hydrogen (secondary N) is 2. The van der Waals surface area contributed by atoms with Gasteiger partial charge < -0.3 is 25.0 Å². The van der Waals surface area contributed by atoms with Gasteiger partial charge in [-0.1, -0.05) is 51.1 Å². The standard InChI is InChI=1S/C33H44FN3O2/c1-33(2,3)26-10-8-25(9-11-26)31-20-24(7-13-32(31)38-5)6-12-29(14-15-35-4)39-30-22-27(34)21-28(23-30)37-18-16-36-17-19-37/h7-11,13,20-23,29,35-36H,6,12,14-19H2,1-5H3. The van der Waals surface area contributed by atoms with E-state index in [1.54, 1.807) is 13.2 Å². The highest BCUT2D eigenvalue weighted by Crippen LogP contribution is 2.33. The molecule has 0 bridgehead atoms. The first-order valence-corrected chi connectivity index (χ1v) is 14.1. The van der Waals surface area contributed by atoms with Gasteiger partial charge in [0.2, 0.25) is 0 Å². The number of piperazine rings is 1. The van der Waals surface area contributed by atoms with Crippen LogP contribution in [-0.2, 0) is 11.8 Å². The Morgan fingerprint density at radius 2 is 1.72 bits per heavy atom. The molecule has 1 aliphatic rings. The molecule has 3 aromatic carbocycles. The van der Waals surface area contributed by atoms with E-state index in [0.29, 0.717) is 5.75 Å². The SMILES string of the molecule is CNCCC(CCc1ccc(OC)c(-c2ccc(C(C)(C)C)cc2)c1)Oc1cc(F)cc(N2CCNCC2)c1. The quantitative estimate of drug-likeness (QED) is 0.307. The van der Waals surface area contributed by atoms with Gasteiger partial charge in [0.15, 0.2) is 0 Å². The van der Waals surface area contributed by atoms with Gasteiger partial charge in [-0.3, -0.25) is 0 Å². The zero-order chi connectivity index (χ0) is 27.8. The summed E-state index contributed by atoms with van der Waals surface area (Å²) in [4.78, 5) is 2.21. The minimum Gasteiger partial charge on any atom is -0.496 e. The number of methoxy groups -OCH3 is 1. The van der Waals surface area contributed by atoms with Crippen molar-refractivity contribution in [1.82, 2.24) is 10.6 Å². The van der Waals surface area contributed by atoms with Gasteiger partial charge in [0.1, 0.15) is 23.4 Å². The van der Waals surface area contributed by atoms with Crippen molar-refractivity contribution in [3.8, 4) is 22.6 Å². The molecule has 0 aromatic heterocycles. The van der Waals surface area contributed by atoms with Crippen LogP contribution in [0.5, 0.6) is 11.5 Å². The van der Waals surface area contributed by atoms with E-state index in [0.717, 1.165) is 74.6 Å². The number of anilines is 1. The van der Waals surface area contributed by atoms with Crippen LogP contribution in [0, 0.1) is 5.82 Å². The van der Waals surface area contributed by atoms with Crippen LogP contribution < -0.4 is 25.0 Å². The second-order valence-corrected chi connectivity index (χ2v) is 11.4. The molecule has 1 heterocycles. The summed E-state index contributed by atoms with van der Waals surface area (Å²) in [5.74, 6) is 1.20. The van der Waals surface area contributed by atoms with E-state index < -0.39 is 0 Å². The van der Waals surface area contributed by atoms with Gasteiger partial charge in [-0.2, -0.15) is 0 Å². The summed E-state index contributed by atoms with van der Waals surface area (Å²) in [5.41, 5.74) is 5.77. The molecule has 1 unspecified atom stereocenters. The van der Waals surface area contributed by atoms with Crippen molar-refractivity contribution in [3.05, 3.63) is 77.6 Å². The Morgan fingerprint density at radius 1 is 0.974 bits per heavy atom. The van der Waals surface area contributed by atoms with E-state index in [9.17, 15) is 4.39 Å². The van der Waals surface area contributed by atoms with Crippen LogP contribution in [0.2, 0.25) is 0 Å². The third-order valence-corrected chi connectivity index (χ3v) is 7.44. The first kappa shape index (κ1) is 28.9. The van der Waals surface area contributed by atoms with E-state index in [1.807, 2.05) is 13.1 Å². The summed E-state index contributed by atoms with van der Waals surface area (Å²) < 4.78 is 26.7. The smallest absolute Gasteiger partial charge is 0.128 e. The molecule has 1 atom stereocenters. The van der Waals surface area contributed by atoms with Gasteiger partial charge in [0, 0.05) is 49.6 Å². The lowest BCUT2D eigenvalue weighted by atomic mass is 9.86. The number of aryl methyl sites for hydroxylation is 1. The van der Waals surface area contributed by atoms with Crippen molar-refractivity contribution in [2.75, 3.05) is 51.8 Å². The predicted octanol–water partition coefficient (Wildman–Crippen LogP) is 6.20. The maximum absolute atomic E-state index is 14.6. The molecule has 1 aliphatic heterocycles. The molecule has 210 valence electrons. The number of nitrogens with zero attached hydrogens (tertiary/aromatic N) is 1. The monoisotopic (exact) mass is 533 g/mol. The van der Waals surface area contributed by atoms with Gasteiger partial charge in [-0.25, -0.2) is 4.39 Å². The van der Waals surface area contributed by atoms with E-state index in [1.165, 1.54) is 17.2 Å². The molecule has 6 heteroatoms. The van der Waals surface area contributed by atoms with Gasteiger partial charge in [0.05, 0.1) is 7.11 Å².